The SMILES string of the molecule is Cn1cc(/C(CC(c2ccccc2Cl)C2(NC(=O)c3ccccc3)CCOC(F)C2)=N/O)ccc1=O. The van der Waals surface area contributed by atoms with Gasteiger partial charge in [0.25, 0.3) is 5.91 Å². The van der Waals surface area contributed by atoms with Crippen LogP contribution in [0.15, 0.2) is 82.9 Å². The van der Waals surface area contributed by atoms with Crippen molar-refractivity contribution in [2.45, 2.75) is 37.1 Å². The summed E-state index contributed by atoms with van der Waals surface area (Å²) >= 11 is 6.62. The van der Waals surface area contributed by atoms with Crippen molar-refractivity contribution < 1.29 is 19.1 Å². The van der Waals surface area contributed by atoms with Crippen LogP contribution in [0.5, 0.6) is 0 Å². The molecule has 0 aliphatic carbocycles. The Balaban J connectivity index is 1.81. The first-order valence-corrected chi connectivity index (χ1v) is 12.0. The molecule has 188 valence electrons. The van der Waals surface area contributed by atoms with Crippen molar-refractivity contribution >= 4 is 23.2 Å². The summed E-state index contributed by atoms with van der Waals surface area (Å²) in [6.07, 6.45) is 0.270. The Kier molecular flexibility index (Phi) is 7.86. The van der Waals surface area contributed by atoms with Crippen LogP contribution >= 0.6 is 11.6 Å². The minimum atomic E-state index is -1.60. The summed E-state index contributed by atoms with van der Waals surface area (Å²) in [5.41, 5.74) is 0.579. The van der Waals surface area contributed by atoms with Gasteiger partial charge in [0, 0.05) is 54.2 Å². The monoisotopic (exact) mass is 511 g/mol. The molecule has 3 unspecified atom stereocenters. The van der Waals surface area contributed by atoms with Crippen molar-refractivity contribution in [1.82, 2.24) is 9.88 Å². The van der Waals surface area contributed by atoms with Crippen molar-refractivity contribution in [3.8, 4) is 0 Å². The Bertz CT molecular complexity index is 1310. The summed E-state index contributed by atoms with van der Waals surface area (Å²) in [6, 6.07) is 18.8. The average molecular weight is 512 g/mol. The van der Waals surface area contributed by atoms with Gasteiger partial charge < -0.3 is 19.8 Å². The lowest BCUT2D eigenvalue weighted by Gasteiger charge is -2.45. The van der Waals surface area contributed by atoms with Crippen molar-refractivity contribution in [2.24, 2.45) is 12.2 Å². The van der Waals surface area contributed by atoms with Crippen LogP contribution in [0.3, 0.4) is 0 Å². The van der Waals surface area contributed by atoms with E-state index < -0.39 is 17.8 Å². The number of benzene rings is 2. The number of hydrogen-bond acceptors (Lipinski definition) is 5. The second kappa shape index (κ2) is 11.1. The van der Waals surface area contributed by atoms with Gasteiger partial charge in [0.15, 0.2) is 0 Å². The first-order valence-electron chi connectivity index (χ1n) is 11.6. The normalized spacial score (nSPS) is 21.1. The first-order chi connectivity index (χ1) is 17.3. The van der Waals surface area contributed by atoms with Crippen LogP contribution in [0, 0.1) is 0 Å². The van der Waals surface area contributed by atoms with Gasteiger partial charge in [0.05, 0.1) is 17.9 Å². The maximum atomic E-state index is 14.8. The molecule has 36 heavy (non-hydrogen) atoms. The Morgan fingerprint density at radius 3 is 2.58 bits per heavy atom. The fourth-order valence-electron chi connectivity index (χ4n) is 4.76. The molecule has 1 saturated heterocycles. The molecule has 9 heteroatoms. The van der Waals surface area contributed by atoms with E-state index in [2.05, 4.69) is 10.5 Å². The number of aromatic nitrogens is 1. The van der Waals surface area contributed by atoms with Gasteiger partial charge in [-0.1, -0.05) is 53.2 Å². The molecule has 0 saturated carbocycles. The van der Waals surface area contributed by atoms with Crippen LogP contribution < -0.4 is 10.9 Å². The van der Waals surface area contributed by atoms with E-state index in [1.807, 2.05) is 18.2 Å². The number of aryl methyl sites for hydroxylation is 1. The number of halogens is 2. The van der Waals surface area contributed by atoms with E-state index in [-0.39, 0.29) is 36.6 Å². The number of alkyl halides is 1. The predicted molar refractivity (Wildman–Crippen MR) is 136 cm³/mol. The third kappa shape index (κ3) is 5.50. The number of oxime groups is 1. The molecule has 7 nitrogen and oxygen atoms in total. The standard InChI is InChI=1S/C27H27ClFN3O4/c1-32-17-19(11-12-25(32)33)23(31-35)15-21(20-9-5-6-10-22(20)28)27(13-14-36-24(29)16-27)30-26(34)18-7-3-2-4-8-18/h2-12,17,21,24,35H,13-16H2,1H3,(H,30,34)/b31-23+. The first kappa shape index (κ1) is 25.6. The third-order valence-corrected chi connectivity index (χ3v) is 7.00. The van der Waals surface area contributed by atoms with Gasteiger partial charge in [-0.15, -0.1) is 0 Å². The lowest BCUT2D eigenvalue weighted by Crippen LogP contribution is -2.57. The molecule has 1 aliphatic rings. The molecule has 1 fully saturated rings. The Morgan fingerprint density at radius 1 is 1.19 bits per heavy atom. The quantitative estimate of drug-likeness (QED) is 0.274. The average Bonchev–Trinajstić information content (AvgIpc) is 2.87. The van der Waals surface area contributed by atoms with E-state index in [1.54, 1.807) is 55.7 Å². The molecule has 0 bridgehead atoms. The molecular formula is C27H27ClFN3O4. The largest absolute Gasteiger partial charge is 0.411 e. The van der Waals surface area contributed by atoms with Crippen molar-refractivity contribution in [2.75, 3.05) is 6.61 Å². The van der Waals surface area contributed by atoms with Crippen LogP contribution in [0.2, 0.25) is 5.02 Å². The summed E-state index contributed by atoms with van der Waals surface area (Å²) < 4.78 is 21.4. The predicted octanol–water partition coefficient (Wildman–Crippen LogP) is 4.67. The van der Waals surface area contributed by atoms with Crippen LogP contribution in [0.1, 0.15) is 46.7 Å². The number of rotatable bonds is 7. The molecular weight excluding hydrogens is 485 g/mol. The molecule has 3 aromatic rings. The van der Waals surface area contributed by atoms with E-state index in [9.17, 15) is 19.2 Å². The maximum absolute atomic E-state index is 14.8. The van der Waals surface area contributed by atoms with Crippen molar-refractivity contribution in [1.29, 1.82) is 0 Å². The minimum Gasteiger partial charge on any atom is -0.411 e. The second-order valence-corrected chi connectivity index (χ2v) is 9.31. The van der Waals surface area contributed by atoms with Gasteiger partial charge >= 0.3 is 0 Å². The molecule has 1 aromatic heterocycles. The summed E-state index contributed by atoms with van der Waals surface area (Å²) in [5.74, 6) is -0.935. The Hall–Kier alpha value is -3.49. The van der Waals surface area contributed by atoms with Gasteiger partial charge in [-0.2, -0.15) is 0 Å². The summed E-state index contributed by atoms with van der Waals surface area (Å²) in [5, 5.41) is 17.0. The smallest absolute Gasteiger partial charge is 0.251 e. The number of carbonyl (C=O) groups is 1. The van der Waals surface area contributed by atoms with Gasteiger partial charge in [-0.25, -0.2) is 4.39 Å². The number of pyridine rings is 1. The zero-order chi connectivity index (χ0) is 25.7. The van der Waals surface area contributed by atoms with Crippen LogP contribution in [0.25, 0.3) is 0 Å². The third-order valence-electron chi connectivity index (χ3n) is 6.65. The molecule has 2 aromatic carbocycles. The summed E-state index contributed by atoms with van der Waals surface area (Å²) in [7, 11) is 1.60. The lowest BCUT2D eigenvalue weighted by atomic mass is 9.70. The van der Waals surface area contributed by atoms with Crippen molar-refractivity contribution in [3.63, 3.8) is 0 Å². The van der Waals surface area contributed by atoms with Gasteiger partial charge in [0.2, 0.25) is 11.9 Å². The zero-order valence-electron chi connectivity index (χ0n) is 19.7. The highest BCUT2D eigenvalue weighted by Gasteiger charge is 2.46. The van der Waals surface area contributed by atoms with E-state index in [0.717, 1.165) is 0 Å². The number of amides is 1. The second-order valence-electron chi connectivity index (χ2n) is 8.90. The Labute approximate surface area is 213 Å². The molecule has 2 N–H and O–H groups in total. The highest BCUT2D eigenvalue weighted by atomic mass is 35.5. The van der Waals surface area contributed by atoms with Crippen LogP contribution in [-0.4, -0.2) is 39.9 Å². The molecule has 3 atom stereocenters. The number of nitrogens with one attached hydrogen (secondary N) is 1. The number of nitrogens with zero attached hydrogens (tertiary/aromatic N) is 2. The van der Waals surface area contributed by atoms with Gasteiger partial charge in [0.1, 0.15) is 0 Å². The molecule has 0 spiro atoms. The van der Waals surface area contributed by atoms with E-state index >= 15 is 0 Å². The van der Waals surface area contributed by atoms with E-state index in [0.29, 0.717) is 28.1 Å². The number of ether oxygens (including phenoxy) is 1. The number of hydrogen-bond donors (Lipinski definition) is 2. The lowest BCUT2D eigenvalue weighted by molar-refractivity contribution is -0.103. The van der Waals surface area contributed by atoms with E-state index in [1.165, 1.54) is 10.6 Å². The fraction of sp³-hybridized carbons (Fsp3) is 0.296. The zero-order valence-corrected chi connectivity index (χ0v) is 20.5. The molecule has 0 radical (unpaired) electrons. The topological polar surface area (TPSA) is 92.9 Å². The van der Waals surface area contributed by atoms with E-state index in [4.69, 9.17) is 16.3 Å². The minimum absolute atomic E-state index is 0.0859. The van der Waals surface area contributed by atoms with Crippen LogP contribution in [-0.2, 0) is 11.8 Å². The summed E-state index contributed by atoms with van der Waals surface area (Å²) in [6.45, 7) is 0.0859. The summed E-state index contributed by atoms with van der Waals surface area (Å²) in [4.78, 5) is 25.2. The van der Waals surface area contributed by atoms with Gasteiger partial charge in [-0.05, 0) is 36.2 Å². The number of carbonyl (C=O) groups excluding carboxylic acids is 1. The van der Waals surface area contributed by atoms with Crippen molar-refractivity contribution in [3.05, 3.63) is 105 Å². The highest BCUT2D eigenvalue weighted by Crippen LogP contribution is 2.44. The Morgan fingerprint density at radius 2 is 1.92 bits per heavy atom. The van der Waals surface area contributed by atoms with Crippen LogP contribution in [0.4, 0.5) is 4.39 Å². The molecule has 1 aliphatic heterocycles. The fourth-order valence-corrected chi connectivity index (χ4v) is 5.02. The molecule has 2 heterocycles. The van der Waals surface area contributed by atoms with Gasteiger partial charge in [-0.3, -0.25) is 9.59 Å². The molecule has 4 rings (SSSR count). The highest BCUT2D eigenvalue weighted by molar-refractivity contribution is 6.31. The maximum Gasteiger partial charge on any atom is 0.251 e. The molecule has 1 amide bonds.